The molecule has 0 aliphatic carbocycles. The number of alkyl halides is 3. The lowest BCUT2D eigenvalue weighted by atomic mass is 10.1. The number of nitrogens with one attached hydrogen (secondary N) is 1. The van der Waals surface area contributed by atoms with Gasteiger partial charge in [-0.15, -0.1) is 0 Å². The highest BCUT2D eigenvalue weighted by Gasteiger charge is 2.29. The smallest absolute Gasteiger partial charge is 0.352 e. The Morgan fingerprint density at radius 2 is 1.73 bits per heavy atom. The van der Waals surface area contributed by atoms with Crippen molar-refractivity contribution in [2.45, 2.75) is 12.7 Å². The predicted molar refractivity (Wildman–Crippen MR) is 79.5 cm³/mol. The maximum atomic E-state index is 12.5. The molecule has 0 aliphatic heterocycles. The first kappa shape index (κ1) is 14.4. The van der Waals surface area contributed by atoms with E-state index in [4.69, 9.17) is 0 Å². The molecule has 114 valence electrons. The van der Waals surface area contributed by atoms with E-state index in [9.17, 15) is 13.2 Å². The summed E-state index contributed by atoms with van der Waals surface area (Å²) in [5.41, 5.74) is 2.00. The van der Waals surface area contributed by atoms with E-state index in [1.807, 2.05) is 35.9 Å². The van der Waals surface area contributed by atoms with Crippen molar-refractivity contribution in [3.05, 3.63) is 59.7 Å². The van der Waals surface area contributed by atoms with Crippen LogP contribution in [0, 0.1) is 0 Å². The van der Waals surface area contributed by atoms with Crippen LogP contribution in [0.2, 0.25) is 0 Å². The topological polar surface area (TPSA) is 29.9 Å². The van der Waals surface area contributed by atoms with Crippen molar-refractivity contribution in [2.24, 2.45) is 7.05 Å². The van der Waals surface area contributed by atoms with Gasteiger partial charge in [-0.2, -0.15) is 13.2 Å². The average Bonchev–Trinajstić information content (AvgIpc) is 2.82. The van der Waals surface area contributed by atoms with Gasteiger partial charge in [-0.25, -0.2) is 4.98 Å². The summed E-state index contributed by atoms with van der Waals surface area (Å²) in [6.45, 7) is 0.412. The van der Waals surface area contributed by atoms with E-state index >= 15 is 0 Å². The van der Waals surface area contributed by atoms with Gasteiger partial charge in [0.2, 0.25) is 5.95 Å². The summed E-state index contributed by atoms with van der Waals surface area (Å²) in [5, 5.41) is 3.15. The monoisotopic (exact) mass is 305 g/mol. The standard InChI is InChI=1S/C16H14F3N3/c1-22-14-5-3-2-4-13(14)21-15(22)20-10-11-6-8-12(9-7-11)16(17,18)19/h2-9H,10H2,1H3,(H,20,21). The van der Waals surface area contributed by atoms with Gasteiger partial charge in [-0.05, 0) is 29.8 Å². The van der Waals surface area contributed by atoms with Crippen LogP contribution in [-0.2, 0) is 19.8 Å². The van der Waals surface area contributed by atoms with Gasteiger partial charge in [0, 0.05) is 13.6 Å². The van der Waals surface area contributed by atoms with Crippen LogP contribution in [0.5, 0.6) is 0 Å². The Kier molecular flexibility index (Phi) is 3.52. The number of nitrogens with zero attached hydrogens (tertiary/aromatic N) is 2. The first-order valence-electron chi connectivity index (χ1n) is 6.76. The number of para-hydroxylation sites is 2. The Morgan fingerprint density at radius 1 is 1.05 bits per heavy atom. The van der Waals surface area contributed by atoms with E-state index < -0.39 is 11.7 Å². The van der Waals surface area contributed by atoms with Crippen molar-refractivity contribution in [3.63, 3.8) is 0 Å². The van der Waals surface area contributed by atoms with Crippen LogP contribution in [0.4, 0.5) is 19.1 Å². The molecule has 0 fully saturated rings. The van der Waals surface area contributed by atoms with E-state index in [0.717, 1.165) is 28.7 Å². The first-order chi connectivity index (χ1) is 10.4. The number of benzene rings is 2. The highest BCUT2D eigenvalue weighted by atomic mass is 19.4. The normalized spacial score (nSPS) is 11.8. The van der Waals surface area contributed by atoms with E-state index in [0.29, 0.717) is 12.5 Å². The van der Waals surface area contributed by atoms with Crippen molar-refractivity contribution < 1.29 is 13.2 Å². The number of rotatable bonds is 3. The van der Waals surface area contributed by atoms with E-state index in [-0.39, 0.29) is 0 Å². The molecule has 0 saturated heterocycles. The van der Waals surface area contributed by atoms with Crippen LogP contribution in [0.1, 0.15) is 11.1 Å². The number of aryl methyl sites for hydroxylation is 1. The third-order valence-corrected chi connectivity index (χ3v) is 3.52. The summed E-state index contributed by atoms with van der Waals surface area (Å²) < 4.78 is 39.5. The molecule has 0 bridgehead atoms. The maximum absolute atomic E-state index is 12.5. The summed E-state index contributed by atoms with van der Waals surface area (Å²) in [7, 11) is 1.89. The van der Waals surface area contributed by atoms with Gasteiger partial charge in [0.1, 0.15) is 0 Å². The Labute approximate surface area is 125 Å². The zero-order valence-electron chi connectivity index (χ0n) is 11.9. The summed E-state index contributed by atoms with van der Waals surface area (Å²) in [5.74, 6) is 0.682. The quantitative estimate of drug-likeness (QED) is 0.786. The second kappa shape index (κ2) is 5.36. The SMILES string of the molecule is Cn1c(NCc2ccc(C(F)(F)F)cc2)nc2ccccc21. The molecule has 2 aromatic carbocycles. The summed E-state index contributed by atoms with van der Waals surface area (Å²) in [4.78, 5) is 4.46. The van der Waals surface area contributed by atoms with E-state index in [1.165, 1.54) is 12.1 Å². The van der Waals surface area contributed by atoms with Crippen molar-refractivity contribution in [1.82, 2.24) is 9.55 Å². The molecule has 0 atom stereocenters. The molecule has 1 heterocycles. The van der Waals surface area contributed by atoms with Crippen LogP contribution in [0.3, 0.4) is 0 Å². The summed E-state index contributed by atoms with van der Waals surface area (Å²) >= 11 is 0. The molecule has 0 radical (unpaired) electrons. The van der Waals surface area contributed by atoms with Gasteiger partial charge in [0.05, 0.1) is 16.6 Å². The molecule has 6 heteroatoms. The number of imidazole rings is 1. The Hall–Kier alpha value is -2.50. The molecule has 1 N–H and O–H groups in total. The minimum atomic E-state index is -4.30. The molecule has 0 unspecified atom stereocenters. The number of aromatic nitrogens is 2. The van der Waals surface area contributed by atoms with Crippen molar-refractivity contribution in [3.8, 4) is 0 Å². The highest BCUT2D eigenvalue weighted by molar-refractivity contribution is 5.78. The zero-order valence-corrected chi connectivity index (χ0v) is 11.9. The Morgan fingerprint density at radius 3 is 2.36 bits per heavy atom. The van der Waals surface area contributed by atoms with Gasteiger partial charge in [-0.3, -0.25) is 0 Å². The predicted octanol–water partition coefficient (Wildman–Crippen LogP) is 4.20. The molecule has 3 aromatic rings. The fourth-order valence-corrected chi connectivity index (χ4v) is 2.30. The maximum Gasteiger partial charge on any atom is 0.416 e. The van der Waals surface area contributed by atoms with Gasteiger partial charge >= 0.3 is 6.18 Å². The second-order valence-corrected chi connectivity index (χ2v) is 5.03. The number of anilines is 1. The first-order valence-corrected chi connectivity index (χ1v) is 6.76. The zero-order chi connectivity index (χ0) is 15.7. The largest absolute Gasteiger partial charge is 0.416 e. The molecule has 1 aromatic heterocycles. The van der Waals surface area contributed by atoms with Gasteiger partial charge in [0.15, 0.2) is 0 Å². The van der Waals surface area contributed by atoms with Crippen LogP contribution in [-0.4, -0.2) is 9.55 Å². The second-order valence-electron chi connectivity index (χ2n) is 5.03. The van der Waals surface area contributed by atoms with Crippen molar-refractivity contribution in [1.29, 1.82) is 0 Å². The Balaban J connectivity index is 1.75. The number of fused-ring (bicyclic) bond motifs is 1. The van der Waals surface area contributed by atoms with Crippen molar-refractivity contribution >= 4 is 17.0 Å². The van der Waals surface area contributed by atoms with Crippen LogP contribution < -0.4 is 5.32 Å². The molecule has 0 spiro atoms. The van der Waals surface area contributed by atoms with Crippen molar-refractivity contribution in [2.75, 3.05) is 5.32 Å². The lowest BCUT2D eigenvalue weighted by molar-refractivity contribution is -0.137. The van der Waals surface area contributed by atoms with Gasteiger partial charge in [0.25, 0.3) is 0 Å². The third kappa shape index (κ3) is 2.77. The lowest BCUT2D eigenvalue weighted by Gasteiger charge is -2.09. The number of halogens is 3. The minimum absolute atomic E-state index is 0.412. The molecule has 3 rings (SSSR count). The third-order valence-electron chi connectivity index (χ3n) is 3.52. The molecule has 0 aliphatic rings. The fraction of sp³-hybridized carbons (Fsp3) is 0.188. The van der Waals surface area contributed by atoms with Gasteiger partial charge < -0.3 is 9.88 Å². The number of hydrogen-bond donors (Lipinski definition) is 1. The van der Waals surface area contributed by atoms with Crippen LogP contribution >= 0.6 is 0 Å². The Bertz CT molecular complexity index is 788. The van der Waals surface area contributed by atoms with E-state index in [2.05, 4.69) is 10.3 Å². The lowest BCUT2D eigenvalue weighted by Crippen LogP contribution is -2.07. The molecule has 22 heavy (non-hydrogen) atoms. The van der Waals surface area contributed by atoms with Gasteiger partial charge in [-0.1, -0.05) is 24.3 Å². The molecule has 0 amide bonds. The molecular weight excluding hydrogens is 291 g/mol. The summed E-state index contributed by atoms with van der Waals surface area (Å²) in [6, 6.07) is 12.8. The van der Waals surface area contributed by atoms with E-state index in [1.54, 1.807) is 0 Å². The molecule has 0 saturated carbocycles. The molecule has 3 nitrogen and oxygen atoms in total. The highest BCUT2D eigenvalue weighted by Crippen LogP contribution is 2.29. The summed E-state index contributed by atoms with van der Waals surface area (Å²) in [6.07, 6.45) is -4.30. The fourth-order valence-electron chi connectivity index (χ4n) is 2.30. The van der Waals surface area contributed by atoms with Crippen LogP contribution in [0.25, 0.3) is 11.0 Å². The molecular formula is C16H14F3N3. The van der Waals surface area contributed by atoms with Crippen LogP contribution in [0.15, 0.2) is 48.5 Å². The number of hydrogen-bond acceptors (Lipinski definition) is 2. The minimum Gasteiger partial charge on any atom is -0.352 e. The average molecular weight is 305 g/mol.